The minimum Gasteiger partial charge on any atom is -0.494 e. The largest absolute Gasteiger partial charge is 0.494 e. The number of ether oxygens (including phenoxy) is 3. The van der Waals surface area contributed by atoms with Crippen molar-refractivity contribution in [3.05, 3.63) is 101 Å². The summed E-state index contributed by atoms with van der Waals surface area (Å²) in [6.07, 6.45) is -3.26. The zero-order valence-electron chi connectivity index (χ0n) is 20.5. The molecule has 0 saturated carbocycles. The molecule has 0 radical (unpaired) electrons. The van der Waals surface area contributed by atoms with Gasteiger partial charge in [-0.3, -0.25) is 0 Å². The second kappa shape index (κ2) is 13.0. The van der Waals surface area contributed by atoms with E-state index in [2.05, 4.69) is 5.32 Å². The average molecular weight is 518 g/mol. The van der Waals surface area contributed by atoms with Crippen LogP contribution in [0.4, 0.5) is 17.6 Å². The van der Waals surface area contributed by atoms with Crippen LogP contribution in [-0.4, -0.2) is 32.4 Å². The van der Waals surface area contributed by atoms with Crippen molar-refractivity contribution in [1.82, 2.24) is 5.32 Å². The van der Waals surface area contributed by atoms with Gasteiger partial charge in [-0.05, 0) is 54.4 Å². The van der Waals surface area contributed by atoms with Crippen LogP contribution in [0.25, 0.3) is 0 Å². The van der Waals surface area contributed by atoms with Crippen molar-refractivity contribution in [3.8, 4) is 5.75 Å². The van der Waals surface area contributed by atoms with Crippen molar-refractivity contribution >= 4 is 0 Å². The molecule has 0 aliphatic carbocycles. The maximum atomic E-state index is 14.1. The molecule has 1 fully saturated rings. The first-order chi connectivity index (χ1) is 17.9. The Morgan fingerprint density at radius 1 is 0.892 bits per heavy atom. The van der Waals surface area contributed by atoms with Gasteiger partial charge in [0.25, 0.3) is 0 Å². The van der Waals surface area contributed by atoms with Gasteiger partial charge in [0.15, 0.2) is 0 Å². The van der Waals surface area contributed by atoms with Gasteiger partial charge in [0, 0.05) is 24.4 Å². The highest BCUT2D eigenvalue weighted by atomic mass is 19.4. The van der Waals surface area contributed by atoms with Gasteiger partial charge in [-0.2, -0.15) is 13.2 Å². The van der Waals surface area contributed by atoms with E-state index in [1.54, 1.807) is 0 Å². The number of halogens is 4. The molecule has 1 heterocycles. The van der Waals surface area contributed by atoms with E-state index in [4.69, 9.17) is 14.2 Å². The molecule has 4 nitrogen and oxygen atoms in total. The second-order valence-electron chi connectivity index (χ2n) is 9.06. The number of piperidine rings is 1. The number of nitrogens with one attached hydrogen (secondary N) is 1. The lowest BCUT2D eigenvalue weighted by molar-refractivity contribution is -0.137. The smallest absolute Gasteiger partial charge is 0.416 e. The molecule has 0 bridgehead atoms. The minimum absolute atomic E-state index is 0.0375. The summed E-state index contributed by atoms with van der Waals surface area (Å²) in [6, 6.07) is 20.2. The van der Waals surface area contributed by atoms with Crippen LogP contribution in [0.5, 0.6) is 5.75 Å². The van der Waals surface area contributed by atoms with Gasteiger partial charge in [0.1, 0.15) is 11.6 Å². The standard InChI is InChI=1S/C29H31F4NO3/c30-27-12-9-24(29(31,32)33)17-23(27)20-37-28-18-34-14-13-26(28)22-7-10-25(11-8-22)36-16-4-15-35-19-21-5-2-1-3-6-21/h1-3,5-12,17,26,28,34H,4,13-16,18-20H2. The SMILES string of the molecule is Fc1ccc(C(F)(F)F)cc1COC1CNCCC1c1ccc(OCCCOCc2ccccc2)cc1. The van der Waals surface area contributed by atoms with E-state index < -0.39 is 17.6 Å². The van der Waals surface area contributed by atoms with Gasteiger partial charge in [0.2, 0.25) is 0 Å². The Morgan fingerprint density at radius 2 is 1.68 bits per heavy atom. The topological polar surface area (TPSA) is 39.7 Å². The molecule has 1 saturated heterocycles. The summed E-state index contributed by atoms with van der Waals surface area (Å²) in [5.74, 6) is 0.0834. The molecule has 2 atom stereocenters. The van der Waals surface area contributed by atoms with Crippen molar-refractivity contribution in [3.63, 3.8) is 0 Å². The normalized spacial score (nSPS) is 18.1. The third kappa shape index (κ3) is 8.02. The Morgan fingerprint density at radius 3 is 2.43 bits per heavy atom. The van der Waals surface area contributed by atoms with Gasteiger partial charge >= 0.3 is 6.18 Å². The van der Waals surface area contributed by atoms with Crippen LogP contribution in [0.15, 0.2) is 72.8 Å². The Kier molecular flexibility index (Phi) is 9.55. The molecule has 2 unspecified atom stereocenters. The minimum atomic E-state index is -4.53. The first-order valence-corrected chi connectivity index (χ1v) is 12.4. The van der Waals surface area contributed by atoms with Crippen molar-refractivity contribution < 1.29 is 31.8 Å². The second-order valence-corrected chi connectivity index (χ2v) is 9.06. The molecule has 3 aromatic rings. The Balaban J connectivity index is 1.26. The molecule has 8 heteroatoms. The summed E-state index contributed by atoms with van der Waals surface area (Å²) in [5.41, 5.74) is 1.20. The Hall–Kier alpha value is -2.94. The zero-order chi connectivity index (χ0) is 26.1. The number of hydrogen-bond acceptors (Lipinski definition) is 4. The molecule has 198 valence electrons. The molecular formula is C29H31F4NO3. The van der Waals surface area contributed by atoms with Crippen LogP contribution in [0, 0.1) is 5.82 Å². The third-order valence-corrected chi connectivity index (χ3v) is 6.37. The lowest BCUT2D eigenvalue weighted by atomic mass is 9.87. The summed E-state index contributed by atoms with van der Waals surface area (Å²) in [6.45, 7) is 2.82. The summed E-state index contributed by atoms with van der Waals surface area (Å²) in [5, 5.41) is 3.25. The lowest BCUT2D eigenvalue weighted by Gasteiger charge is -2.32. The number of benzene rings is 3. The quantitative estimate of drug-likeness (QED) is 0.233. The first kappa shape index (κ1) is 27.1. The van der Waals surface area contributed by atoms with E-state index in [-0.39, 0.29) is 24.2 Å². The highest BCUT2D eigenvalue weighted by molar-refractivity contribution is 5.31. The van der Waals surface area contributed by atoms with E-state index in [1.165, 1.54) is 0 Å². The molecular weight excluding hydrogens is 486 g/mol. The van der Waals surface area contributed by atoms with Crippen molar-refractivity contribution in [2.45, 2.75) is 44.3 Å². The Bertz CT molecular complexity index is 1110. The van der Waals surface area contributed by atoms with Crippen LogP contribution in [0.1, 0.15) is 41.0 Å². The fourth-order valence-corrected chi connectivity index (χ4v) is 4.37. The van der Waals surface area contributed by atoms with Crippen molar-refractivity contribution in [2.75, 3.05) is 26.3 Å². The van der Waals surface area contributed by atoms with Crippen LogP contribution < -0.4 is 10.1 Å². The highest BCUT2D eigenvalue weighted by Gasteiger charge is 2.32. The third-order valence-electron chi connectivity index (χ3n) is 6.37. The Labute approximate surface area is 214 Å². The van der Waals surface area contributed by atoms with E-state index >= 15 is 0 Å². The summed E-state index contributed by atoms with van der Waals surface area (Å²) in [7, 11) is 0. The van der Waals surface area contributed by atoms with Gasteiger partial charge < -0.3 is 19.5 Å². The molecule has 1 aliphatic rings. The maximum Gasteiger partial charge on any atom is 0.416 e. The first-order valence-electron chi connectivity index (χ1n) is 12.4. The predicted octanol–water partition coefficient (Wildman–Crippen LogP) is 6.49. The van der Waals surface area contributed by atoms with E-state index in [0.29, 0.717) is 26.4 Å². The fourth-order valence-electron chi connectivity index (χ4n) is 4.37. The average Bonchev–Trinajstić information content (AvgIpc) is 2.91. The van der Waals surface area contributed by atoms with E-state index in [9.17, 15) is 17.6 Å². The van der Waals surface area contributed by atoms with Crippen LogP contribution in [0.2, 0.25) is 0 Å². The number of alkyl halides is 3. The fraction of sp³-hybridized carbons (Fsp3) is 0.379. The molecule has 4 rings (SSSR count). The molecule has 0 amide bonds. The molecule has 3 aromatic carbocycles. The number of hydrogen-bond donors (Lipinski definition) is 1. The number of rotatable bonds is 11. The van der Waals surface area contributed by atoms with Crippen LogP contribution >= 0.6 is 0 Å². The lowest BCUT2D eigenvalue weighted by Crippen LogP contribution is -2.41. The zero-order valence-corrected chi connectivity index (χ0v) is 20.5. The summed E-state index contributed by atoms with van der Waals surface area (Å²) < 4.78 is 70.6. The molecule has 37 heavy (non-hydrogen) atoms. The summed E-state index contributed by atoms with van der Waals surface area (Å²) >= 11 is 0. The van der Waals surface area contributed by atoms with Crippen LogP contribution in [0.3, 0.4) is 0 Å². The predicted molar refractivity (Wildman–Crippen MR) is 133 cm³/mol. The molecule has 0 aromatic heterocycles. The van der Waals surface area contributed by atoms with E-state index in [0.717, 1.165) is 54.5 Å². The van der Waals surface area contributed by atoms with Gasteiger partial charge in [-0.25, -0.2) is 4.39 Å². The molecule has 1 aliphatic heterocycles. The van der Waals surface area contributed by atoms with E-state index in [1.807, 2.05) is 54.6 Å². The monoisotopic (exact) mass is 517 g/mol. The van der Waals surface area contributed by atoms with Crippen LogP contribution in [-0.2, 0) is 28.9 Å². The maximum absolute atomic E-state index is 14.1. The molecule has 1 N–H and O–H groups in total. The van der Waals surface area contributed by atoms with Gasteiger partial charge in [-0.1, -0.05) is 42.5 Å². The van der Waals surface area contributed by atoms with Gasteiger partial charge in [0.05, 0.1) is 38.1 Å². The van der Waals surface area contributed by atoms with Crippen molar-refractivity contribution in [2.24, 2.45) is 0 Å². The van der Waals surface area contributed by atoms with Crippen molar-refractivity contribution in [1.29, 1.82) is 0 Å². The van der Waals surface area contributed by atoms with Gasteiger partial charge in [-0.15, -0.1) is 0 Å². The molecule has 0 spiro atoms. The highest BCUT2D eigenvalue weighted by Crippen LogP contribution is 2.32. The summed E-state index contributed by atoms with van der Waals surface area (Å²) in [4.78, 5) is 0.